The van der Waals surface area contributed by atoms with Crippen LogP contribution in [0.25, 0.3) is 21.5 Å². The maximum Gasteiger partial charge on any atom is 1.00 e. The fraction of sp³-hybridized carbons (Fsp3) is 0.667. The van der Waals surface area contributed by atoms with Crippen LogP contribution in [0.4, 0.5) is 0 Å². The Bertz CT molecular complexity index is 4190. The Morgan fingerprint density at radius 3 is 1.04 bits per heavy atom. The number of benzene rings is 4. The summed E-state index contributed by atoms with van der Waals surface area (Å²) in [5.74, 6) is 6.91. The molecule has 12 bridgehead atoms. The summed E-state index contributed by atoms with van der Waals surface area (Å²) in [7, 11) is -19.8. The molecule has 20 rings (SSSR count). The van der Waals surface area contributed by atoms with Crippen molar-refractivity contribution in [2.45, 2.75) is 172 Å². The van der Waals surface area contributed by atoms with Crippen LogP contribution in [-0.2, 0) is 119 Å². The van der Waals surface area contributed by atoms with Crippen LogP contribution in [0.15, 0.2) is 82.6 Å². The molecule has 0 spiro atoms. The summed E-state index contributed by atoms with van der Waals surface area (Å²) in [5, 5.41) is 3.93. The molecule has 36 heteroatoms. The van der Waals surface area contributed by atoms with Gasteiger partial charge in [0, 0.05) is 73.3 Å². The number of rotatable bonds is 16. The van der Waals surface area contributed by atoms with Crippen LogP contribution < -0.4 is 39.0 Å². The maximum atomic E-state index is 12.7. The molecule has 12 saturated carbocycles. The Labute approximate surface area is 669 Å². The van der Waals surface area contributed by atoms with E-state index in [0.29, 0.717) is 77.4 Å². The largest absolute Gasteiger partial charge is 1.00 e. The summed E-state index contributed by atoms with van der Waals surface area (Å²) in [6, 6.07) is 25.6. The first-order valence-electron chi connectivity index (χ1n) is 36.4. The van der Waals surface area contributed by atoms with Crippen LogP contribution >= 0.6 is 23.2 Å². The van der Waals surface area contributed by atoms with Crippen molar-refractivity contribution < 1.29 is 147 Å². The molecule has 16 fully saturated rings. The minimum atomic E-state index is -4.70. The molecular formula is C72H91Cl2NaO26S7. The molecule has 0 aromatic heterocycles. The smallest absolute Gasteiger partial charge is 0.748 e. The van der Waals surface area contributed by atoms with Crippen LogP contribution in [0.2, 0.25) is 0 Å². The van der Waals surface area contributed by atoms with E-state index in [4.69, 9.17) is 73.0 Å². The Morgan fingerprint density at radius 1 is 0.444 bits per heavy atom. The zero-order chi connectivity index (χ0) is 75.4. The molecule has 0 radical (unpaired) electrons. The van der Waals surface area contributed by atoms with E-state index in [1.54, 1.807) is 0 Å². The summed E-state index contributed by atoms with van der Waals surface area (Å²) in [5.41, 5.74) is 0. The van der Waals surface area contributed by atoms with Gasteiger partial charge in [-0.15, -0.1) is 23.2 Å². The Morgan fingerprint density at radius 2 is 0.731 bits per heavy atom. The fourth-order valence-electron chi connectivity index (χ4n) is 20.5. The van der Waals surface area contributed by atoms with Crippen molar-refractivity contribution in [3.8, 4) is 11.5 Å². The molecule has 592 valence electrons. The van der Waals surface area contributed by atoms with Gasteiger partial charge in [-0.3, -0.25) is 18.0 Å². The second kappa shape index (κ2) is 35.4. The van der Waals surface area contributed by atoms with Crippen molar-refractivity contribution in [1.29, 1.82) is 0 Å². The van der Waals surface area contributed by atoms with Gasteiger partial charge in [-0.1, -0.05) is 36.4 Å². The second-order valence-corrected chi connectivity index (χ2v) is 43.9. The summed E-state index contributed by atoms with van der Waals surface area (Å²) in [4.78, 5) is 50.9. The number of halogens is 2. The third-order valence-electron chi connectivity index (χ3n) is 23.8. The third-order valence-corrected chi connectivity index (χ3v) is 33.6. The molecule has 16 aliphatic rings. The van der Waals surface area contributed by atoms with Crippen LogP contribution in [0.5, 0.6) is 11.5 Å². The molecular weight excluding hydrogens is 1600 g/mol. The molecule has 4 saturated heterocycles. The van der Waals surface area contributed by atoms with Crippen molar-refractivity contribution in [3.05, 3.63) is 72.8 Å². The molecule has 4 aromatic rings. The normalized spacial score (nSPS) is 33.8. The molecule has 4 heterocycles. The summed E-state index contributed by atoms with van der Waals surface area (Å²) < 4.78 is 180. The number of fused-ring (bicyclic) bond motifs is 4. The summed E-state index contributed by atoms with van der Waals surface area (Å²) >= 11 is 9.53. The van der Waals surface area contributed by atoms with Crippen LogP contribution in [0.3, 0.4) is 0 Å². The Kier molecular flexibility index (Phi) is 28.1. The monoisotopic (exact) mass is 1690 g/mol. The van der Waals surface area contributed by atoms with E-state index in [1.165, 1.54) is 133 Å². The van der Waals surface area contributed by atoms with Crippen molar-refractivity contribution in [2.75, 3.05) is 59.3 Å². The molecule has 4 aliphatic heterocycles. The van der Waals surface area contributed by atoms with E-state index in [1.807, 2.05) is 0 Å². The zero-order valence-electron chi connectivity index (χ0n) is 59.9. The molecule has 108 heavy (non-hydrogen) atoms. The standard InChI is InChI=1S/2C26H31O3S.2C9H12O8S2.CH2Cl2.CH4O3S.Na.H2O/c2*27-25(29-26-19-12-17-11-18(14-19)15-20(26)13-17)16-28-23-7-8-24(30-9-3-4-10-30)22-6-2-1-5-21(22)23;2*10-7(3-18(11,12)13)16-8-4-1-5-6(2-4)19(14,15)17-9(5)8;2-1-3;1-5(2,3)4;;/h2*1-2,5-8,17-20,26H,3-4,9-16H2;2*4-6,8-9H,1-3H2,(H,11,12,13);1H2;1H3,(H,2,3,4);;1H2/q2*+1;;;;;+1;/p-3. The first-order chi connectivity index (χ1) is 50.2. The van der Waals surface area contributed by atoms with Crippen molar-refractivity contribution in [2.24, 2.45) is 71.0 Å². The quantitative estimate of drug-likeness (QED) is 0.0280. The fourth-order valence-corrected chi connectivity index (χ4v) is 30.0. The molecule has 4 aromatic carbocycles. The minimum absolute atomic E-state index is 0. The van der Waals surface area contributed by atoms with E-state index in [2.05, 4.69) is 72.8 Å². The SMILES string of the molecule is CS(=O)(=O)[O-].ClCCl.O.O=C(COc1ccc([S+]2CCCC2)c2ccccc12)OC1C2CC3CC(C2)CC1C3.O=C(COc1ccc([S+]2CCCC2)c2ccccc12)OC1C2CC3CC(C2)CC1C3.O=C(CS(=O)(=O)[O-])OC1C2CC3C1OS(=O)(=O)C3C2.O=C(CS(=O)(=O)[O-])OC1C2CC3C1OS(=O)(=O)C3C2.[Na+]. The minimum Gasteiger partial charge on any atom is -0.748 e. The number of hydrogen-bond acceptors (Lipinski definition) is 25. The molecule has 0 amide bonds. The van der Waals surface area contributed by atoms with Gasteiger partial charge in [0.15, 0.2) is 23.0 Å². The van der Waals surface area contributed by atoms with Gasteiger partial charge in [0.1, 0.15) is 103 Å². The topological polar surface area (TPSA) is 413 Å². The van der Waals surface area contributed by atoms with Gasteiger partial charge in [0.25, 0.3) is 20.2 Å². The summed E-state index contributed by atoms with van der Waals surface area (Å²) in [6.07, 6.45) is 18.0. The van der Waals surface area contributed by atoms with E-state index in [0.717, 1.165) is 45.9 Å². The molecule has 26 nitrogen and oxygen atoms in total. The van der Waals surface area contributed by atoms with E-state index in [9.17, 15) is 62.0 Å². The predicted molar refractivity (Wildman–Crippen MR) is 394 cm³/mol. The second-order valence-electron chi connectivity index (χ2n) is 30.9. The van der Waals surface area contributed by atoms with Gasteiger partial charge in [0.05, 0.1) is 26.0 Å². The number of carbonyl (C=O) groups is 4. The maximum absolute atomic E-state index is 12.7. The average molecular weight is 1690 g/mol. The van der Waals surface area contributed by atoms with Crippen LogP contribution in [0, 0.1) is 71.0 Å². The van der Waals surface area contributed by atoms with E-state index in [-0.39, 0.29) is 101 Å². The van der Waals surface area contributed by atoms with Crippen LogP contribution in [-0.4, -0.2) is 192 Å². The molecule has 12 aliphatic carbocycles. The Hall–Kier alpha value is -3.33. The van der Waals surface area contributed by atoms with Gasteiger partial charge < -0.3 is 47.6 Å². The van der Waals surface area contributed by atoms with Gasteiger partial charge in [-0.05, 0) is 199 Å². The first kappa shape index (κ1) is 85.6. The number of hydrogen-bond donors (Lipinski definition) is 0. The average Bonchev–Trinajstić information content (AvgIpc) is 1.55. The molecule has 2 N–H and O–H groups in total. The zero-order valence-corrected chi connectivity index (χ0v) is 69.1. The van der Waals surface area contributed by atoms with Gasteiger partial charge in [-0.2, -0.15) is 16.8 Å². The first-order valence-corrected chi connectivity index (χ1v) is 48.5. The van der Waals surface area contributed by atoms with Gasteiger partial charge >= 0.3 is 53.4 Å². The third kappa shape index (κ3) is 20.3. The van der Waals surface area contributed by atoms with Gasteiger partial charge in [-0.25, -0.2) is 34.8 Å². The van der Waals surface area contributed by atoms with Crippen molar-refractivity contribution in [3.63, 3.8) is 0 Å². The molecule has 10 atom stereocenters. The van der Waals surface area contributed by atoms with Crippen molar-refractivity contribution >= 4 is 141 Å². The predicted octanol–water partition coefficient (Wildman–Crippen LogP) is 4.64. The van der Waals surface area contributed by atoms with E-state index >= 15 is 0 Å². The molecule has 10 unspecified atom stereocenters. The summed E-state index contributed by atoms with van der Waals surface area (Å²) in [6.45, 7) is 0.0235. The number of ether oxygens (including phenoxy) is 6. The van der Waals surface area contributed by atoms with Crippen LogP contribution in [0.1, 0.15) is 116 Å². The number of alkyl halides is 2. The van der Waals surface area contributed by atoms with E-state index < -0.39 is 109 Å². The number of carbonyl (C=O) groups excluding carboxylic acids is 4. The Balaban J connectivity index is 0.000000140. The van der Waals surface area contributed by atoms with Gasteiger partial charge in [0.2, 0.25) is 0 Å². The van der Waals surface area contributed by atoms with Crippen molar-refractivity contribution in [1.82, 2.24) is 0 Å². The number of esters is 4.